The van der Waals surface area contributed by atoms with Crippen LogP contribution >= 0.6 is 0 Å². The third-order valence-electron chi connectivity index (χ3n) is 3.25. The number of aliphatic hydroxyl groups excluding tert-OH is 2. The van der Waals surface area contributed by atoms with Crippen molar-refractivity contribution in [3.05, 3.63) is 0 Å². The molecule has 0 aromatic rings. The van der Waals surface area contributed by atoms with Crippen LogP contribution in [0.4, 0.5) is 0 Å². The first-order valence-electron chi connectivity index (χ1n) is 9.49. The molecule has 7 nitrogen and oxygen atoms in total. The molecule has 0 heterocycles. The molecule has 0 unspecified atom stereocenters. The smallest absolute Gasteiger partial charge is 0.275 e. The highest BCUT2D eigenvalue weighted by atomic mass is 16.7. The first kappa shape index (κ1) is 29.5. The van der Waals surface area contributed by atoms with E-state index in [1.807, 2.05) is 6.92 Å². The Morgan fingerprint density at radius 1 is 0.560 bits per heavy atom. The van der Waals surface area contributed by atoms with Crippen molar-refractivity contribution < 1.29 is 35.7 Å². The van der Waals surface area contributed by atoms with E-state index in [0.29, 0.717) is 19.3 Å². The van der Waals surface area contributed by atoms with Crippen molar-refractivity contribution in [1.29, 1.82) is 0 Å². The summed E-state index contributed by atoms with van der Waals surface area (Å²) in [7, 11) is 0. The van der Waals surface area contributed by atoms with Crippen molar-refractivity contribution >= 4 is 0 Å². The van der Waals surface area contributed by atoms with E-state index in [-0.39, 0.29) is 6.42 Å². The molecule has 0 bridgehead atoms. The lowest BCUT2D eigenvalue weighted by atomic mass is 10.2. The van der Waals surface area contributed by atoms with Crippen molar-refractivity contribution in [2.24, 2.45) is 0 Å². The van der Waals surface area contributed by atoms with Crippen LogP contribution < -0.4 is 0 Å². The summed E-state index contributed by atoms with van der Waals surface area (Å²) in [6.45, 7) is 6.18. The lowest BCUT2D eigenvalue weighted by molar-refractivity contribution is -0.315. The average Bonchev–Trinajstić information content (AvgIpc) is 2.47. The minimum absolute atomic E-state index is 0.0425. The molecule has 25 heavy (non-hydrogen) atoms. The van der Waals surface area contributed by atoms with Gasteiger partial charge >= 0.3 is 0 Å². The summed E-state index contributed by atoms with van der Waals surface area (Å²) >= 11 is 0. The Kier molecular flexibility index (Phi) is 25.7. The molecular weight excluding hydrogens is 328 g/mol. The summed E-state index contributed by atoms with van der Waals surface area (Å²) in [5.41, 5.74) is 0. The van der Waals surface area contributed by atoms with Crippen molar-refractivity contribution in [3.8, 4) is 0 Å². The highest BCUT2D eigenvalue weighted by molar-refractivity contribution is 4.47. The van der Waals surface area contributed by atoms with Gasteiger partial charge in [0.15, 0.2) is 12.6 Å². The minimum Gasteiger partial charge on any atom is -0.368 e. The highest BCUT2D eigenvalue weighted by Gasteiger charge is 2.15. The summed E-state index contributed by atoms with van der Waals surface area (Å²) in [5, 5.41) is 58.4. The zero-order valence-electron chi connectivity index (χ0n) is 16.3. The van der Waals surface area contributed by atoms with Gasteiger partial charge in [0.05, 0.1) is 0 Å². The van der Waals surface area contributed by atoms with Gasteiger partial charge in [0, 0.05) is 6.42 Å². The molecule has 0 aliphatic carbocycles. The standard InChI is InChI=1S/C6H14O3.2C6H14O2/c1-2-3-4-5-6(7,8)9;2*1-2-3-4-5-6(7)8/h7-9H,2-5H2,1H3;2*6-8H,2-5H2,1H3. The fraction of sp³-hybridized carbons (Fsp3) is 1.00. The van der Waals surface area contributed by atoms with Gasteiger partial charge in [-0.15, -0.1) is 0 Å². The highest BCUT2D eigenvalue weighted by Crippen LogP contribution is 2.07. The molecule has 0 radical (unpaired) electrons. The molecule has 0 saturated carbocycles. The van der Waals surface area contributed by atoms with Gasteiger partial charge in [-0.25, -0.2) is 0 Å². The van der Waals surface area contributed by atoms with Crippen LogP contribution in [0.3, 0.4) is 0 Å². The van der Waals surface area contributed by atoms with Gasteiger partial charge in [0.1, 0.15) is 0 Å². The van der Waals surface area contributed by atoms with Gasteiger partial charge in [-0.3, -0.25) is 0 Å². The van der Waals surface area contributed by atoms with Crippen LogP contribution in [-0.2, 0) is 0 Å². The number of rotatable bonds is 12. The molecular formula is C18H42O7. The molecule has 0 aromatic carbocycles. The fourth-order valence-corrected chi connectivity index (χ4v) is 1.77. The Morgan fingerprint density at radius 3 is 1.12 bits per heavy atom. The SMILES string of the molecule is CCCCCC(O)(O)O.CCCCCC(O)O.CCCCCC(O)O. The van der Waals surface area contributed by atoms with Gasteiger partial charge in [-0.2, -0.15) is 0 Å². The Labute approximate surface area is 153 Å². The Morgan fingerprint density at radius 2 is 0.880 bits per heavy atom. The molecule has 0 rings (SSSR count). The molecule has 156 valence electrons. The summed E-state index contributed by atoms with van der Waals surface area (Å²) in [5.74, 6) is -2.45. The first-order valence-corrected chi connectivity index (χ1v) is 9.49. The van der Waals surface area contributed by atoms with Gasteiger partial charge in [-0.05, 0) is 32.1 Å². The minimum atomic E-state index is -2.45. The van der Waals surface area contributed by atoms with E-state index < -0.39 is 18.6 Å². The molecule has 0 atom stereocenters. The fourth-order valence-electron chi connectivity index (χ4n) is 1.77. The predicted octanol–water partition coefficient (Wildman–Crippen LogP) is 1.95. The summed E-state index contributed by atoms with van der Waals surface area (Å²) < 4.78 is 0. The second-order valence-electron chi connectivity index (χ2n) is 6.18. The van der Waals surface area contributed by atoms with E-state index in [0.717, 1.165) is 51.4 Å². The van der Waals surface area contributed by atoms with Gasteiger partial charge in [0.2, 0.25) is 0 Å². The van der Waals surface area contributed by atoms with Crippen LogP contribution in [0.2, 0.25) is 0 Å². The van der Waals surface area contributed by atoms with E-state index in [4.69, 9.17) is 35.7 Å². The maximum Gasteiger partial charge on any atom is 0.275 e. The van der Waals surface area contributed by atoms with E-state index in [2.05, 4.69) is 13.8 Å². The van der Waals surface area contributed by atoms with Crippen molar-refractivity contribution in [3.63, 3.8) is 0 Å². The molecule has 7 N–H and O–H groups in total. The third-order valence-corrected chi connectivity index (χ3v) is 3.25. The first-order chi connectivity index (χ1) is 11.6. The van der Waals surface area contributed by atoms with Gasteiger partial charge in [-0.1, -0.05) is 59.3 Å². The summed E-state index contributed by atoms with van der Waals surface area (Å²) in [4.78, 5) is 0. The van der Waals surface area contributed by atoms with Crippen LogP contribution in [0.5, 0.6) is 0 Å². The molecule has 7 heteroatoms. The number of aliphatic hydroxyl groups is 7. The second kappa shape index (κ2) is 21.8. The van der Waals surface area contributed by atoms with Crippen molar-refractivity contribution in [1.82, 2.24) is 0 Å². The van der Waals surface area contributed by atoms with Crippen LogP contribution in [0, 0.1) is 0 Å². The molecule has 0 aliphatic heterocycles. The molecule has 0 saturated heterocycles. The number of hydrogen-bond acceptors (Lipinski definition) is 7. The quantitative estimate of drug-likeness (QED) is 0.206. The largest absolute Gasteiger partial charge is 0.368 e. The van der Waals surface area contributed by atoms with Crippen molar-refractivity contribution in [2.45, 2.75) is 116 Å². The van der Waals surface area contributed by atoms with E-state index >= 15 is 0 Å². The zero-order valence-corrected chi connectivity index (χ0v) is 16.3. The lowest BCUT2D eigenvalue weighted by Crippen LogP contribution is -2.26. The van der Waals surface area contributed by atoms with E-state index in [1.165, 1.54) is 0 Å². The van der Waals surface area contributed by atoms with Crippen molar-refractivity contribution in [2.75, 3.05) is 0 Å². The maximum atomic E-state index is 8.36. The normalized spacial score (nSPS) is 11.0. The van der Waals surface area contributed by atoms with Gasteiger partial charge in [0.25, 0.3) is 5.97 Å². The third kappa shape index (κ3) is 45.3. The topological polar surface area (TPSA) is 142 Å². The van der Waals surface area contributed by atoms with Crippen LogP contribution in [-0.4, -0.2) is 54.3 Å². The molecule has 0 amide bonds. The summed E-state index contributed by atoms with van der Waals surface area (Å²) in [6.07, 6.45) is 7.78. The summed E-state index contributed by atoms with van der Waals surface area (Å²) in [6, 6.07) is 0. The molecule has 0 fully saturated rings. The molecule has 0 spiro atoms. The van der Waals surface area contributed by atoms with Crippen LogP contribution in [0.1, 0.15) is 97.8 Å². The molecule has 0 aromatic heterocycles. The second-order valence-corrected chi connectivity index (χ2v) is 6.18. The Bertz CT molecular complexity index is 214. The number of hydrogen-bond donors (Lipinski definition) is 7. The zero-order chi connectivity index (χ0) is 20.1. The molecule has 0 aliphatic rings. The Hall–Kier alpha value is -0.280. The van der Waals surface area contributed by atoms with Gasteiger partial charge < -0.3 is 35.7 Å². The average molecular weight is 371 g/mol. The number of unbranched alkanes of at least 4 members (excludes halogenated alkanes) is 6. The Balaban J connectivity index is -0.000000291. The monoisotopic (exact) mass is 370 g/mol. The lowest BCUT2D eigenvalue weighted by Gasteiger charge is -2.12. The van der Waals surface area contributed by atoms with E-state index in [9.17, 15) is 0 Å². The van der Waals surface area contributed by atoms with E-state index in [1.54, 1.807) is 0 Å². The van der Waals surface area contributed by atoms with Crippen LogP contribution in [0.25, 0.3) is 0 Å². The maximum absolute atomic E-state index is 8.36. The predicted molar refractivity (Wildman–Crippen MR) is 98.3 cm³/mol. The van der Waals surface area contributed by atoms with Crippen LogP contribution in [0.15, 0.2) is 0 Å².